The van der Waals surface area contributed by atoms with E-state index in [-0.39, 0.29) is 17.7 Å². The van der Waals surface area contributed by atoms with Crippen molar-refractivity contribution >= 4 is 24.0 Å². The number of carbonyl (C=O) groups is 2. The highest BCUT2D eigenvalue weighted by Gasteiger charge is 2.22. The molecule has 1 aliphatic rings. The predicted octanol–water partition coefficient (Wildman–Crippen LogP) is 2.57. The zero-order valence-corrected chi connectivity index (χ0v) is 14.8. The summed E-state index contributed by atoms with van der Waals surface area (Å²) >= 11 is 5.28. The van der Waals surface area contributed by atoms with Gasteiger partial charge in [-0.2, -0.15) is 0 Å². The lowest BCUT2D eigenvalue weighted by Crippen LogP contribution is -2.37. The first kappa shape index (κ1) is 17.4. The minimum absolute atomic E-state index is 0.0978. The molecule has 2 aromatic rings. The number of hydrogen-bond acceptors (Lipinski definition) is 3. The van der Waals surface area contributed by atoms with Gasteiger partial charge in [-0.3, -0.25) is 14.2 Å². The molecule has 7 heteroatoms. The van der Waals surface area contributed by atoms with E-state index in [1.807, 2.05) is 30.3 Å². The number of imidazole rings is 1. The van der Waals surface area contributed by atoms with Gasteiger partial charge in [0.2, 0.25) is 5.91 Å². The topological polar surface area (TPSA) is 78.9 Å². The Morgan fingerprint density at radius 2 is 1.80 bits per heavy atom. The van der Waals surface area contributed by atoms with Crippen molar-refractivity contribution < 1.29 is 9.59 Å². The number of nitrogens with zero attached hydrogens (tertiary/aromatic N) is 1. The summed E-state index contributed by atoms with van der Waals surface area (Å²) in [5, 5.41) is 5.72. The van der Waals surface area contributed by atoms with Crippen LogP contribution in [0.25, 0.3) is 5.69 Å². The van der Waals surface area contributed by atoms with Crippen LogP contribution in [0.5, 0.6) is 0 Å². The quantitative estimate of drug-likeness (QED) is 0.548. The lowest BCUT2D eigenvalue weighted by atomic mass is 10.1. The van der Waals surface area contributed by atoms with Gasteiger partial charge in [0.1, 0.15) is 5.69 Å². The minimum atomic E-state index is -0.230. The minimum Gasteiger partial charge on any atom is -0.354 e. The third kappa shape index (κ3) is 4.17. The molecule has 1 aliphatic carbocycles. The van der Waals surface area contributed by atoms with Gasteiger partial charge in [0.05, 0.1) is 0 Å². The Balaban J connectivity index is 1.55. The lowest BCUT2D eigenvalue weighted by molar-refractivity contribution is -0.124. The second kappa shape index (κ2) is 8.11. The van der Waals surface area contributed by atoms with Crippen LogP contribution >= 0.6 is 12.2 Å². The van der Waals surface area contributed by atoms with E-state index < -0.39 is 0 Å². The van der Waals surface area contributed by atoms with Crippen molar-refractivity contribution in [1.82, 2.24) is 20.2 Å². The number of aromatic nitrogens is 2. The number of benzene rings is 1. The zero-order chi connectivity index (χ0) is 17.6. The van der Waals surface area contributed by atoms with Crippen LogP contribution < -0.4 is 10.6 Å². The fourth-order valence-corrected chi connectivity index (χ4v) is 3.42. The molecule has 132 valence electrons. The van der Waals surface area contributed by atoms with Gasteiger partial charge in [0.25, 0.3) is 5.91 Å². The summed E-state index contributed by atoms with van der Waals surface area (Å²) in [6.45, 7) is 0.807. The molecule has 6 nitrogen and oxygen atoms in total. The highest BCUT2D eigenvalue weighted by molar-refractivity contribution is 7.71. The summed E-state index contributed by atoms with van der Waals surface area (Å²) in [5.74, 6) is 0.00953. The Morgan fingerprint density at radius 3 is 2.52 bits per heavy atom. The molecular formula is C18H22N4O2S. The standard InChI is InChI=1S/C18H22N4O2S/c23-16(13-6-4-5-7-13)19-10-11-20-17(24)15-12-21-18(25)22(15)14-8-2-1-3-9-14/h1-3,8-9,12-13H,4-7,10-11H2,(H,19,23)(H,20,24)(H,21,25). The first-order valence-corrected chi connectivity index (χ1v) is 8.99. The number of hydrogen-bond donors (Lipinski definition) is 3. The average Bonchev–Trinajstić information content (AvgIpc) is 3.29. The van der Waals surface area contributed by atoms with Crippen molar-refractivity contribution in [3.8, 4) is 5.69 Å². The van der Waals surface area contributed by atoms with Crippen molar-refractivity contribution in [1.29, 1.82) is 0 Å². The number of aromatic amines is 1. The van der Waals surface area contributed by atoms with Crippen LogP contribution in [0.1, 0.15) is 36.2 Å². The van der Waals surface area contributed by atoms with Crippen molar-refractivity contribution in [2.24, 2.45) is 5.92 Å². The van der Waals surface area contributed by atoms with E-state index >= 15 is 0 Å². The monoisotopic (exact) mass is 358 g/mol. The van der Waals surface area contributed by atoms with Crippen molar-refractivity contribution in [2.45, 2.75) is 25.7 Å². The Bertz CT molecular complexity index is 791. The Hall–Kier alpha value is -2.41. The molecule has 2 amide bonds. The van der Waals surface area contributed by atoms with Crippen LogP contribution in [0, 0.1) is 10.7 Å². The molecule has 25 heavy (non-hydrogen) atoms. The number of nitrogens with one attached hydrogen (secondary N) is 3. The molecule has 0 spiro atoms. The fourth-order valence-electron chi connectivity index (χ4n) is 3.15. The SMILES string of the molecule is O=C(NCCNC(=O)C1CCCC1)c1c[nH]c(=S)n1-c1ccccc1. The van der Waals surface area contributed by atoms with E-state index in [0.717, 1.165) is 31.4 Å². The molecule has 0 radical (unpaired) electrons. The maximum absolute atomic E-state index is 12.4. The van der Waals surface area contributed by atoms with E-state index in [4.69, 9.17) is 12.2 Å². The van der Waals surface area contributed by atoms with Crippen molar-refractivity contribution in [3.63, 3.8) is 0 Å². The van der Waals surface area contributed by atoms with E-state index in [2.05, 4.69) is 15.6 Å². The van der Waals surface area contributed by atoms with Crippen LogP contribution in [0.2, 0.25) is 0 Å². The molecular weight excluding hydrogens is 336 g/mol. The van der Waals surface area contributed by atoms with Gasteiger partial charge < -0.3 is 15.6 Å². The molecule has 0 unspecified atom stereocenters. The molecule has 1 fully saturated rings. The van der Waals surface area contributed by atoms with Gasteiger partial charge in [-0.05, 0) is 37.2 Å². The number of amides is 2. The molecule has 3 N–H and O–H groups in total. The first-order chi connectivity index (χ1) is 12.2. The van der Waals surface area contributed by atoms with E-state index in [1.54, 1.807) is 10.8 Å². The third-order valence-corrected chi connectivity index (χ3v) is 4.76. The molecule has 0 aliphatic heterocycles. The summed E-state index contributed by atoms with van der Waals surface area (Å²) in [6.07, 6.45) is 5.80. The summed E-state index contributed by atoms with van der Waals surface area (Å²) in [5.41, 5.74) is 1.27. The molecule has 1 saturated carbocycles. The molecule has 1 heterocycles. The lowest BCUT2D eigenvalue weighted by Gasteiger charge is -2.11. The second-order valence-corrected chi connectivity index (χ2v) is 6.57. The first-order valence-electron chi connectivity index (χ1n) is 8.58. The molecule has 1 aromatic carbocycles. The molecule has 1 aromatic heterocycles. The smallest absolute Gasteiger partial charge is 0.269 e. The van der Waals surface area contributed by atoms with Gasteiger partial charge in [-0.1, -0.05) is 31.0 Å². The Kier molecular flexibility index (Phi) is 5.65. The highest BCUT2D eigenvalue weighted by atomic mass is 32.1. The Morgan fingerprint density at radius 1 is 1.12 bits per heavy atom. The predicted molar refractivity (Wildman–Crippen MR) is 98.3 cm³/mol. The van der Waals surface area contributed by atoms with Crippen LogP contribution in [-0.2, 0) is 4.79 Å². The number of rotatable bonds is 6. The van der Waals surface area contributed by atoms with Crippen molar-refractivity contribution in [3.05, 3.63) is 47.0 Å². The summed E-state index contributed by atoms with van der Waals surface area (Å²) in [7, 11) is 0. The maximum Gasteiger partial charge on any atom is 0.269 e. The molecule has 3 rings (SSSR count). The van der Waals surface area contributed by atoms with Gasteiger partial charge in [0, 0.05) is 30.9 Å². The fraction of sp³-hybridized carbons (Fsp3) is 0.389. The van der Waals surface area contributed by atoms with Crippen LogP contribution in [0.15, 0.2) is 36.5 Å². The molecule has 0 bridgehead atoms. The average molecular weight is 358 g/mol. The Labute approximate surface area is 151 Å². The zero-order valence-electron chi connectivity index (χ0n) is 14.0. The highest BCUT2D eigenvalue weighted by Crippen LogP contribution is 2.24. The maximum atomic E-state index is 12.4. The van der Waals surface area contributed by atoms with E-state index in [9.17, 15) is 9.59 Å². The summed E-state index contributed by atoms with van der Waals surface area (Å²) in [6, 6.07) is 9.48. The van der Waals surface area contributed by atoms with Gasteiger partial charge in [-0.25, -0.2) is 0 Å². The summed E-state index contributed by atoms with van der Waals surface area (Å²) < 4.78 is 2.16. The van der Waals surface area contributed by atoms with E-state index in [0.29, 0.717) is 23.6 Å². The van der Waals surface area contributed by atoms with Gasteiger partial charge in [0.15, 0.2) is 4.77 Å². The largest absolute Gasteiger partial charge is 0.354 e. The van der Waals surface area contributed by atoms with E-state index in [1.165, 1.54) is 0 Å². The van der Waals surface area contributed by atoms with Crippen LogP contribution in [-0.4, -0.2) is 34.5 Å². The van der Waals surface area contributed by atoms with Crippen LogP contribution in [0.3, 0.4) is 0 Å². The third-order valence-electron chi connectivity index (χ3n) is 4.46. The number of para-hydroxylation sites is 1. The van der Waals surface area contributed by atoms with Crippen molar-refractivity contribution in [2.75, 3.05) is 13.1 Å². The number of carbonyl (C=O) groups excluding carboxylic acids is 2. The second-order valence-electron chi connectivity index (χ2n) is 6.18. The molecule has 0 atom stereocenters. The number of H-pyrrole nitrogens is 1. The van der Waals surface area contributed by atoms with Gasteiger partial charge in [-0.15, -0.1) is 0 Å². The normalized spacial score (nSPS) is 14.4. The van der Waals surface area contributed by atoms with Gasteiger partial charge >= 0.3 is 0 Å². The molecule has 0 saturated heterocycles. The summed E-state index contributed by atoms with van der Waals surface area (Å²) in [4.78, 5) is 27.3. The van der Waals surface area contributed by atoms with Crippen LogP contribution in [0.4, 0.5) is 0 Å².